The van der Waals surface area contributed by atoms with Crippen LogP contribution >= 0.6 is 0 Å². The van der Waals surface area contributed by atoms with Gasteiger partial charge in [0.1, 0.15) is 11.8 Å². The zero-order valence-corrected chi connectivity index (χ0v) is 13.0. The SMILES string of the molecule is COc1ccc2cccc(CC(=O)N3CCC[C@@H]3C(=O)O)c2c1. The summed E-state index contributed by atoms with van der Waals surface area (Å²) in [7, 11) is 1.61. The maximum absolute atomic E-state index is 12.6. The van der Waals surface area contributed by atoms with Gasteiger partial charge in [0, 0.05) is 6.54 Å². The lowest BCUT2D eigenvalue weighted by atomic mass is 10.0. The Labute approximate surface area is 134 Å². The Hall–Kier alpha value is -2.56. The van der Waals surface area contributed by atoms with Crippen molar-refractivity contribution >= 4 is 22.6 Å². The Morgan fingerprint density at radius 3 is 2.87 bits per heavy atom. The molecule has 2 aromatic rings. The van der Waals surface area contributed by atoms with Gasteiger partial charge < -0.3 is 14.7 Å². The van der Waals surface area contributed by atoms with Gasteiger partial charge >= 0.3 is 5.97 Å². The van der Waals surface area contributed by atoms with Crippen LogP contribution in [0.2, 0.25) is 0 Å². The van der Waals surface area contributed by atoms with Crippen molar-refractivity contribution in [3.8, 4) is 5.75 Å². The van der Waals surface area contributed by atoms with Crippen LogP contribution in [0.25, 0.3) is 10.8 Å². The molecule has 1 aliphatic rings. The third-order valence-corrected chi connectivity index (χ3v) is 4.38. The lowest BCUT2D eigenvalue weighted by Gasteiger charge is -2.21. The summed E-state index contributed by atoms with van der Waals surface area (Å²) in [6.07, 6.45) is 1.48. The molecule has 0 spiro atoms. The molecule has 5 nitrogen and oxygen atoms in total. The first-order chi connectivity index (χ1) is 11.1. The normalized spacial score (nSPS) is 17.4. The molecule has 0 unspecified atom stereocenters. The predicted octanol–water partition coefficient (Wildman–Crippen LogP) is 2.47. The highest BCUT2D eigenvalue weighted by Gasteiger charge is 2.33. The van der Waals surface area contributed by atoms with Crippen LogP contribution in [-0.2, 0) is 16.0 Å². The number of nitrogens with zero attached hydrogens (tertiary/aromatic N) is 1. The molecule has 0 saturated carbocycles. The Morgan fingerprint density at radius 2 is 2.13 bits per heavy atom. The van der Waals surface area contributed by atoms with E-state index in [2.05, 4.69) is 0 Å². The van der Waals surface area contributed by atoms with Gasteiger partial charge in [-0.3, -0.25) is 4.79 Å². The molecule has 1 heterocycles. The highest BCUT2D eigenvalue weighted by molar-refractivity contribution is 5.92. The van der Waals surface area contributed by atoms with Crippen LogP contribution in [0.15, 0.2) is 36.4 Å². The molecule has 5 heteroatoms. The van der Waals surface area contributed by atoms with Gasteiger partial charge in [0.2, 0.25) is 5.91 Å². The van der Waals surface area contributed by atoms with Crippen LogP contribution in [0.4, 0.5) is 0 Å². The van der Waals surface area contributed by atoms with Crippen molar-refractivity contribution in [1.29, 1.82) is 0 Å². The quantitative estimate of drug-likeness (QED) is 0.941. The number of carboxylic acids is 1. The predicted molar refractivity (Wildman–Crippen MR) is 86.6 cm³/mol. The third kappa shape index (κ3) is 2.99. The molecule has 1 N–H and O–H groups in total. The van der Waals surface area contributed by atoms with Gasteiger partial charge in [0.25, 0.3) is 0 Å². The first-order valence-electron chi connectivity index (χ1n) is 7.68. The minimum atomic E-state index is -0.921. The summed E-state index contributed by atoms with van der Waals surface area (Å²) < 4.78 is 5.26. The first-order valence-corrected chi connectivity index (χ1v) is 7.68. The molecular formula is C18H19NO4. The molecule has 1 saturated heterocycles. The fourth-order valence-electron chi connectivity index (χ4n) is 3.18. The second-order valence-corrected chi connectivity index (χ2v) is 5.76. The van der Waals surface area contributed by atoms with Crippen LogP contribution in [0.5, 0.6) is 5.75 Å². The third-order valence-electron chi connectivity index (χ3n) is 4.38. The number of ether oxygens (including phenoxy) is 1. The highest BCUT2D eigenvalue weighted by Crippen LogP contribution is 2.26. The summed E-state index contributed by atoms with van der Waals surface area (Å²) in [6, 6.07) is 10.9. The van der Waals surface area contributed by atoms with E-state index >= 15 is 0 Å². The number of benzene rings is 2. The number of hydrogen-bond acceptors (Lipinski definition) is 3. The summed E-state index contributed by atoms with van der Waals surface area (Å²) in [6.45, 7) is 0.518. The number of aliphatic carboxylic acids is 1. The maximum Gasteiger partial charge on any atom is 0.326 e. The molecule has 0 aromatic heterocycles. The number of carboxylic acid groups (broad SMARTS) is 1. The second kappa shape index (κ2) is 6.28. The van der Waals surface area contributed by atoms with Gasteiger partial charge in [0.15, 0.2) is 0 Å². The van der Waals surface area contributed by atoms with E-state index in [1.165, 1.54) is 4.90 Å². The van der Waals surface area contributed by atoms with E-state index < -0.39 is 12.0 Å². The molecule has 1 atom stereocenters. The fraction of sp³-hybridized carbons (Fsp3) is 0.333. The lowest BCUT2D eigenvalue weighted by molar-refractivity contribution is -0.147. The second-order valence-electron chi connectivity index (χ2n) is 5.76. The first kappa shape index (κ1) is 15.3. The largest absolute Gasteiger partial charge is 0.497 e. The number of fused-ring (bicyclic) bond motifs is 1. The van der Waals surface area contributed by atoms with E-state index in [1.807, 2.05) is 36.4 Å². The number of hydrogen-bond donors (Lipinski definition) is 1. The Bertz CT molecular complexity index is 756. The monoisotopic (exact) mass is 313 g/mol. The average molecular weight is 313 g/mol. The molecule has 0 radical (unpaired) electrons. The van der Waals surface area contributed by atoms with Crippen LogP contribution in [0.1, 0.15) is 18.4 Å². The van der Waals surface area contributed by atoms with Gasteiger partial charge in [-0.05, 0) is 41.3 Å². The smallest absolute Gasteiger partial charge is 0.326 e. The van der Waals surface area contributed by atoms with Crippen molar-refractivity contribution in [2.45, 2.75) is 25.3 Å². The maximum atomic E-state index is 12.6. The standard InChI is InChI=1S/C18H19NO4/c1-23-14-8-7-12-4-2-5-13(15(12)11-14)10-17(20)19-9-3-6-16(19)18(21)22/h2,4-5,7-8,11,16H,3,6,9-10H2,1H3,(H,21,22)/t16-/m1/s1. The van der Waals surface area contributed by atoms with Crippen LogP contribution in [-0.4, -0.2) is 41.6 Å². The topological polar surface area (TPSA) is 66.8 Å². The van der Waals surface area contributed by atoms with Crippen molar-refractivity contribution in [3.63, 3.8) is 0 Å². The number of rotatable bonds is 4. The van der Waals surface area contributed by atoms with Crippen molar-refractivity contribution in [2.24, 2.45) is 0 Å². The number of methoxy groups -OCH3 is 1. The lowest BCUT2D eigenvalue weighted by Crippen LogP contribution is -2.41. The Balaban J connectivity index is 1.89. The molecule has 1 amide bonds. The van der Waals surface area contributed by atoms with Gasteiger partial charge in [-0.15, -0.1) is 0 Å². The Kier molecular flexibility index (Phi) is 4.19. The van der Waals surface area contributed by atoms with Crippen molar-refractivity contribution in [1.82, 2.24) is 4.90 Å². The summed E-state index contributed by atoms with van der Waals surface area (Å²) in [5.74, 6) is -0.317. The number of carbonyl (C=O) groups is 2. The molecule has 3 rings (SSSR count). The number of likely N-dealkylation sites (tertiary alicyclic amines) is 1. The van der Waals surface area contributed by atoms with Crippen LogP contribution in [0, 0.1) is 0 Å². The van der Waals surface area contributed by atoms with Crippen molar-refractivity contribution in [2.75, 3.05) is 13.7 Å². The molecule has 1 aliphatic heterocycles. The molecule has 120 valence electrons. The zero-order valence-electron chi connectivity index (χ0n) is 13.0. The molecule has 0 bridgehead atoms. The highest BCUT2D eigenvalue weighted by atomic mass is 16.5. The molecular weight excluding hydrogens is 294 g/mol. The number of carbonyl (C=O) groups excluding carboxylic acids is 1. The summed E-state index contributed by atoms with van der Waals surface area (Å²) in [5, 5.41) is 11.2. The van der Waals surface area contributed by atoms with Crippen molar-refractivity contribution in [3.05, 3.63) is 42.0 Å². The molecule has 23 heavy (non-hydrogen) atoms. The molecule has 1 fully saturated rings. The van der Waals surface area contributed by atoms with Gasteiger partial charge in [-0.25, -0.2) is 4.79 Å². The molecule has 0 aliphatic carbocycles. The van der Waals surface area contributed by atoms with E-state index in [-0.39, 0.29) is 12.3 Å². The van der Waals surface area contributed by atoms with Crippen LogP contribution in [0.3, 0.4) is 0 Å². The number of amides is 1. The summed E-state index contributed by atoms with van der Waals surface area (Å²) in [5.41, 5.74) is 0.891. The van der Waals surface area contributed by atoms with E-state index in [0.29, 0.717) is 13.0 Å². The van der Waals surface area contributed by atoms with Crippen molar-refractivity contribution < 1.29 is 19.4 Å². The summed E-state index contributed by atoms with van der Waals surface area (Å²) >= 11 is 0. The fourth-order valence-corrected chi connectivity index (χ4v) is 3.18. The van der Waals surface area contributed by atoms with Gasteiger partial charge in [0.05, 0.1) is 13.5 Å². The average Bonchev–Trinajstić information content (AvgIpc) is 3.05. The van der Waals surface area contributed by atoms with E-state index in [9.17, 15) is 14.7 Å². The van der Waals surface area contributed by atoms with Gasteiger partial charge in [-0.2, -0.15) is 0 Å². The summed E-state index contributed by atoms with van der Waals surface area (Å²) in [4.78, 5) is 25.3. The minimum Gasteiger partial charge on any atom is -0.497 e. The van der Waals surface area contributed by atoms with E-state index in [0.717, 1.165) is 28.5 Å². The zero-order chi connectivity index (χ0) is 16.4. The van der Waals surface area contributed by atoms with Gasteiger partial charge in [-0.1, -0.05) is 24.3 Å². The van der Waals surface area contributed by atoms with E-state index in [1.54, 1.807) is 7.11 Å². The minimum absolute atomic E-state index is 0.134. The molecule has 2 aromatic carbocycles. The van der Waals surface area contributed by atoms with E-state index in [4.69, 9.17) is 4.74 Å². The Morgan fingerprint density at radius 1 is 1.30 bits per heavy atom. The van der Waals surface area contributed by atoms with Crippen LogP contribution < -0.4 is 4.74 Å².